The molecule has 0 radical (unpaired) electrons. The van der Waals surface area contributed by atoms with E-state index in [1.807, 2.05) is 4.57 Å². The Morgan fingerprint density at radius 2 is 1.93 bits per heavy atom. The lowest BCUT2D eigenvalue weighted by Gasteiger charge is -2.16. The van der Waals surface area contributed by atoms with E-state index < -0.39 is 34.0 Å². The van der Waals surface area contributed by atoms with Crippen LogP contribution in [0.3, 0.4) is 0 Å². The molecule has 7 nitrogen and oxygen atoms in total. The lowest BCUT2D eigenvalue weighted by molar-refractivity contribution is 0.0469. The van der Waals surface area contributed by atoms with Crippen LogP contribution in [0, 0.1) is 19.7 Å². The molecular formula is C20H22FNO6S. The summed E-state index contributed by atoms with van der Waals surface area (Å²) in [5, 5.41) is 0. The molecule has 1 aromatic carbocycles. The average Bonchev–Trinajstić information content (AvgIpc) is 3.17. The van der Waals surface area contributed by atoms with Crippen LogP contribution in [0.5, 0.6) is 5.75 Å². The van der Waals surface area contributed by atoms with Gasteiger partial charge >= 0.3 is 5.97 Å². The molecule has 0 saturated carbocycles. The number of carbonyl (C=O) groups is 2. The maximum absolute atomic E-state index is 14.0. The molecule has 1 atom stereocenters. The lowest BCUT2D eigenvalue weighted by atomic mass is 10.1. The van der Waals surface area contributed by atoms with Crippen LogP contribution in [0.2, 0.25) is 0 Å². The zero-order chi connectivity index (χ0) is 21.3. The molecule has 1 unspecified atom stereocenters. The monoisotopic (exact) mass is 423 g/mol. The summed E-state index contributed by atoms with van der Waals surface area (Å²) in [4.78, 5) is 24.7. The van der Waals surface area contributed by atoms with Gasteiger partial charge in [-0.2, -0.15) is 0 Å². The van der Waals surface area contributed by atoms with Gasteiger partial charge in [-0.15, -0.1) is 0 Å². The number of aryl methyl sites for hydroxylation is 1. The lowest BCUT2D eigenvalue weighted by Crippen LogP contribution is -2.17. The molecule has 1 aliphatic rings. The maximum atomic E-state index is 14.0. The third-order valence-corrected chi connectivity index (χ3v) is 6.84. The second-order valence-corrected chi connectivity index (χ2v) is 9.29. The molecule has 3 rings (SSSR count). The third-order valence-electron chi connectivity index (χ3n) is 5.09. The number of benzene rings is 1. The molecule has 29 heavy (non-hydrogen) atoms. The summed E-state index contributed by atoms with van der Waals surface area (Å²) in [7, 11) is -1.69. The molecule has 0 spiro atoms. The first-order valence-corrected chi connectivity index (χ1v) is 10.9. The fourth-order valence-corrected chi connectivity index (χ4v) is 5.38. The van der Waals surface area contributed by atoms with Gasteiger partial charge in [0.25, 0.3) is 0 Å². The molecule has 2 aromatic rings. The number of aromatic nitrogens is 1. The van der Waals surface area contributed by atoms with Gasteiger partial charge < -0.3 is 14.0 Å². The number of carbonyl (C=O) groups excluding carboxylic acids is 2. The number of nitrogens with zero attached hydrogens (tertiary/aromatic N) is 1. The highest BCUT2D eigenvalue weighted by Gasteiger charge is 2.31. The van der Waals surface area contributed by atoms with Crippen molar-refractivity contribution in [1.82, 2.24) is 4.57 Å². The number of rotatable bonds is 6. The van der Waals surface area contributed by atoms with Crippen LogP contribution in [0.4, 0.5) is 4.39 Å². The van der Waals surface area contributed by atoms with Gasteiger partial charge in [-0.3, -0.25) is 4.79 Å². The number of hydrogen-bond donors (Lipinski definition) is 0. The molecular weight excluding hydrogens is 401 g/mol. The first-order chi connectivity index (χ1) is 13.6. The number of ketones is 1. The van der Waals surface area contributed by atoms with E-state index in [4.69, 9.17) is 9.47 Å². The highest BCUT2D eigenvalue weighted by molar-refractivity contribution is 7.91. The quantitative estimate of drug-likeness (QED) is 0.524. The van der Waals surface area contributed by atoms with E-state index in [1.165, 1.54) is 19.2 Å². The van der Waals surface area contributed by atoms with Crippen molar-refractivity contribution in [3.05, 3.63) is 52.6 Å². The molecule has 1 aromatic heterocycles. The number of halogens is 1. The van der Waals surface area contributed by atoms with Crippen molar-refractivity contribution in [3.8, 4) is 5.75 Å². The van der Waals surface area contributed by atoms with Gasteiger partial charge in [-0.05, 0) is 38.5 Å². The number of ether oxygens (including phenoxy) is 2. The van der Waals surface area contributed by atoms with Crippen LogP contribution in [-0.4, -0.2) is 50.0 Å². The van der Waals surface area contributed by atoms with E-state index in [-0.39, 0.29) is 28.9 Å². The predicted octanol–water partition coefficient (Wildman–Crippen LogP) is 2.65. The summed E-state index contributed by atoms with van der Waals surface area (Å²) < 4.78 is 49.3. The molecule has 1 fully saturated rings. The second-order valence-electron chi connectivity index (χ2n) is 7.06. The van der Waals surface area contributed by atoms with Crippen LogP contribution in [-0.2, 0) is 14.6 Å². The molecule has 0 amide bonds. The number of methoxy groups -OCH3 is 1. The minimum absolute atomic E-state index is 0.0444. The van der Waals surface area contributed by atoms with Gasteiger partial charge in [0.2, 0.25) is 5.78 Å². The molecule has 1 saturated heterocycles. The Morgan fingerprint density at radius 1 is 1.21 bits per heavy atom. The van der Waals surface area contributed by atoms with Crippen molar-refractivity contribution in [2.45, 2.75) is 26.3 Å². The Labute approximate surface area is 168 Å². The van der Waals surface area contributed by atoms with Gasteiger partial charge in [-0.25, -0.2) is 17.6 Å². The summed E-state index contributed by atoms with van der Waals surface area (Å²) in [6, 6.07) is 5.15. The molecule has 9 heteroatoms. The Morgan fingerprint density at radius 3 is 2.52 bits per heavy atom. The van der Waals surface area contributed by atoms with Crippen LogP contribution >= 0.6 is 0 Å². The van der Waals surface area contributed by atoms with Crippen LogP contribution in [0.25, 0.3) is 0 Å². The SMILES string of the molecule is COc1ccc(C(=O)OCC(=O)c2cc(C)n(C3CCS(=O)(=O)C3)c2C)c(F)c1. The van der Waals surface area contributed by atoms with E-state index in [0.29, 0.717) is 17.7 Å². The topological polar surface area (TPSA) is 91.7 Å². The Kier molecular flexibility index (Phi) is 5.79. The van der Waals surface area contributed by atoms with Crippen molar-refractivity contribution < 1.29 is 31.9 Å². The van der Waals surface area contributed by atoms with Gasteiger partial charge in [-0.1, -0.05) is 0 Å². The fourth-order valence-electron chi connectivity index (χ4n) is 3.68. The second kappa shape index (κ2) is 7.98. The summed E-state index contributed by atoms with van der Waals surface area (Å²) in [5.74, 6) is -1.76. The molecule has 2 heterocycles. The first kappa shape index (κ1) is 21.0. The average molecular weight is 423 g/mol. The highest BCUT2D eigenvalue weighted by Crippen LogP contribution is 2.29. The van der Waals surface area contributed by atoms with Crippen LogP contribution < -0.4 is 4.74 Å². The van der Waals surface area contributed by atoms with E-state index in [1.54, 1.807) is 19.9 Å². The van der Waals surface area contributed by atoms with E-state index in [2.05, 4.69) is 0 Å². The van der Waals surface area contributed by atoms with Crippen molar-refractivity contribution >= 4 is 21.6 Å². The molecule has 156 valence electrons. The summed E-state index contributed by atoms with van der Waals surface area (Å²) in [5.41, 5.74) is 1.46. The normalized spacial score (nSPS) is 17.9. The Hall–Kier alpha value is -2.68. The van der Waals surface area contributed by atoms with Gasteiger partial charge in [0, 0.05) is 29.1 Å². The van der Waals surface area contributed by atoms with E-state index in [0.717, 1.165) is 11.8 Å². The maximum Gasteiger partial charge on any atom is 0.341 e. The summed E-state index contributed by atoms with van der Waals surface area (Å²) in [6.45, 7) is 2.99. The van der Waals surface area contributed by atoms with Crippen molar-refractivity contribution in [2.75, 3.05) is 25.2 Å². The van der Waals surface area contributed by atoms with E-state index in [9.17, 15) is 22.4 Å². The molecule has 1 aliphatic heterocycles. The van der Waals surface area contributed by atoms with E-state index >= 15 is 0 Å². The number of sulfone groups is 1. The molecule has 0 bridgehead atoms. The molecule has 0 N–H and O–H groups in total. The summed E-state index contributed by atoms with van der Waals surface area (Å²) >= 11 is 0. The Bertz CT molecular complexity index is 1070. The Balaban J connectivity index is 1.72. The van der Waals surface area contributed by atoms with Crippen LogP contribution in [0.15, 0.2) is 24.3 Å². The molecule has 0 aliphatic carbocycles. The van der Waals surface area contributed by atoms with Crippen molar-refractivity contribution in [2.24, 2.45) is 0 Å². The number of Topliss-reactive ketones (excluding diaryl/α,β-unsaturated/α-hetero) is 1. The van der Waals surface area contributed by atoms with Crippen molar-refractivity contribution in [3.63, 3.8) is 0 Å². The zero-order valence-electron chi connectivity index (χ0n) is 16.4. The minimum atomic E-state index is -3.07. The number of hydrogen-bond acceptors (Lipinski definition) is 6. The smallest absolute Gasteiger partial charge is 0.341 e. The summed E-state index contributed by atoms with van der Waals surface area (Å²) in [6.07, 6.45) is 0.498. The van der Waals surface area contributed by atoms with Crippen molar-refractivity contribution in [1.29, 1.82) is 0 Å². The standard InChI is InChI=1S/C20H22FNO6S/c1-12-8-17(13(2)22(12)14-6-7-29(25,26)11-14)19(23)10-28-20(24)16-5-4-15(27-3)9-18(16)21/h4-5,8-9,14H,6-7,10-11H2,1-3H3. The van der Waals surface area contributed by atoms with Gasteiger partial charge in [0.1, 0.15) is 11.6 Å². The van der Waals surface area contributed by atoms with Gasteiger partial charge in [0.05, 0.1) is 24.2 Å². The highest BCUT2D eigenvalue weighted by atomic mass is 32.2. The minimum Gasteiger partial charge on any atom is -0.497 e. The zero-order valence-corrected chi connectivity index (χ0v) is 17.2. The third kappa shape index (κ3) is 4.34. The predicted molar refractivity (Wildman–Crippen MR) is 104 cm³/mol. The fraction of sp³-hybridized carbons (Fsp3) is 0.400. The first-order valence-electron chi connectivity index (χ1n) is 9.05. The van der Waals surface area contributed by atoms with Crippen LogP contribution in [0.1, 0.15) is 44.6 Å². The number of esters is 1. The van der Waals surface area contributed by atoms with Gasteiger partial charge in [0.15, 0.2) is 16.4 Å². The largest absolute Gasteiger partial charge is 0.497 e.